The SMILES string of the molecule is CCCCC(=O)Nc1cncc(-c2ccc3[nH]nc(-c4cc5c(-c6cc(F)cc(CCS(C)(=O)=O)c6)cncc5[nH]4)c3c2)c1. The molecule has 0 unspecified atom stereocenters. The van der Waals surface area contributed by atoms with Crippen LogP contribution < -0.4 is 5.32 Å². The molecule has 224 valence electrons. The Kier molecular flexibility index (Phi) is 7.96. The monoisotopic (exact) mass is 610 g/mol. The first kappa shape index (κ1) is 29.2. The summed E-state index contributed by atoms with van der Waals surface area (Å²) in [5, 5.41) is 12.3. The quantitative estimate of drug-likeness (QED) is 0.158. The van der Waals surface area contributed by atoms with Gasteiger partial charge in [0.15, 0.2) is 0 Å². The van der Waals surface area contributed by atoms with E-state index in [1.807, 2.05) is 43.3 Å². The van der Waals surface area contributed by atoms with E-state index in [0.717, 1.165) is 57.0 Å². The summed E-state index contributed by atoms with van der Waals surface area (Å²) in [6, 6.07) is 14.4. The van der Waals surface area contributed by atoms with Crippen molar-refractivity contribution in [1.82, 2.24) is 25.1 Å². The maximum atomic E-state index is 14.6. The van der Waals surface area contributed by atoms with Crippen LogP contribution in [0, 0.1) is 5.82 Å². The molecular formula is C33H31FN6O3S. The molecule has 6 rings (SSSR count). The van der Waals surface area contributed by atoms with Crippen molar-refractivity contribution >= 4 is 43.2 Å². The summed E-state index contributed by atoms with van der Waals surface area (Å²) in [4.78, 5) is 24.4. The largest absolute Gasteiger partial charge is 0.352 e. The van der Waals surface area contributed by atoms with Gasteiger partial charge in [0, 0.05) is 47.0 Å². The number of fused-ring (bicyclic) bond motifs is 2. The topological polar surface area (TPSA) is 133 Å². The number of pyridine rings is 2. The van der Waals surface area contributed by atoms with Gasteiger partial charge in [-0.05, 0) is 65.9 Å². The number of carbonyl (C=O) groups excluding carboxylic acids is 1. The summed E-state index contributed by atoms with van der Waals surface area (Å²) >= 11 is 0. The molecule has 0 bridgehead atoms. The molecule has 0 radical (unpaired) electrons. The smallest absolute Gasteiger partial charge is 0.224 e. The molecule has 0 saturated heterocycles. The predicted molar refractivity (Wildman–Crippen MR) is 171 cm³/mol. The number of amides is 1. The number of benzene rings is 2. The Morgan fingerprint density at radius 1 is 0.909 bits per heavy atom. The number of nitrogens with zero attached hydrogens (tertiary/aromatic N) is 3. The molecule has 44 heavy (non-hydrogen) atoms. The molecule has 0 fully saturated rings. The van der Waals surface area contributed by atoms with Gasteiger partial charge in [-0.25, -0.2) is 12.8 Å². The summed E-state index contributed by atoms with van der Waals surface area (Å²) in [6.45, 7) is 2.05. The maximum absolute atomic E-state index is 14.6. The lowest BCUT2D eigenvalue weighted by atomic mass is 10.00. The molecule has 2 aromatic carbocycles. The number of anilines is 1. The zero-order valence-electron chi connectivity index (χ0n) is 24.3. The van der Waals surface area contributed by atoms with Crippen molar-refractivity contribution in [3.8, 4) is 33.6 Å². The molecule has 0 spiro atoms. The number of aromatic nitrogens is 5. The number of unbranched alkanes of at least 4 members (excludes halogenated alkanes) is 1. The van der Waals surface area contributed by atoms with Gasteiger partial charge in [-0.2, -0.15) is 5.10 Å². The lowest BCUT2D eigenvalue weighted by molar-refractivity contribution is -0.116. The van der Waals surface area contributed by atoms with Crippen molar-refractivity contribution in [3.05, 3.63) is 84.7 Å². The minimum absolute atomic E-state index is 0.0330. The molecule has 3 N–H and O–H groups in total. The van der Waals surface area contributed by atoms with Gasteiger partial charge in [0.1, 0.15) is 21.3 Å². The highest BCUT2D eigenvalue weighted by Gasteiger charge is 2.16. The summed E-state index contributed by atoms with van der Waals surface area (Å²) < 4.78 is 38.0. The van der Waals surface area contributed by atoms with E-state index < -0.39 is 15.7 Å². The van der Waals surface area contributed by atoms with E-state index in [9.17, 15) is 17.6 Å². The van der Waals surface area contributed by atoms with Gasteiger partial charge in [0.25, 0.3) is 0 Å². The van der Waals surface area contributed by atoms with E-state index in [0.29, 0.717) is 28.9 Å². The summed E-state index contributed by atoms with van der Waals surface area (Å²) in [6.07, 6.45) is 10.4. The first-order valence-electron chi connectivity index (χ1n) is 14.3. The molecule has 6 aromatic rings. The lowest BCUT2D eigenvalue weighted by Gasteiger charge is -2.07. The highest BCUT2D eigenvalue weighted by Crippen LogP contribution is 2.35. The van der Waals surface area contributed by atoms with Crippen LogP contribution in [0.3, 0.4) is 0 Å². The van der Waals surface area contributed by atoms with Crippen LogP contribution in [0.25, 0.3) is 55.4 Å². The minimum Gasteiger partial charge on any atom is -0.352 e. The molecule has 9 nitrogen and oxygen atoms in total. The lowest BCUT2D eigenvalue weighted by Crippen LogP contribution is -2.11. The van der Waals surface area contributed by atoms with E-state index in [-0.39, 0.29) is 18.1 Å². The van der Waals surface area contributed by atoms with Gasteiger partial charge in [0.05, 0.1) is 40.6 Å². The van der Waals surface area contributed by atoms with Crippen molar-refractivity contribution in [2.45, 2.75) is 32.6 Å². The molecule has 11 heteroatoms. The molecule has 0 atom stereocenters. The Morgan fingerprint density at radius 2 is 1.75 bits per heavy atom. The van der Waals surface area contributed by atoms with Gasteiger partial charge < -0.3 is 10.3 Å². The fraction of sp³-hybridized carbons (Fsp3) is 0.212. The number of nitrogens with one attached hydrogen (secondary N) is 3. The number of rotatable bonds is 10. The van der Waals surface area contributed by atoms with Crippen molar-refractivity contribution in [2.24, 2.45) is 0 Å². The third-order valence-corrected chi connectivity index (χ3v) is 8.45. The number of aryl methyl sites for hydroxylation is 1. The summed E-state index contributed by atoms with van der Waals surface area (Å²) in [5.41, 5.74) is 7.39. The molecule has 0 aliphatic rings. The first-order chi connectivity index (χ1) is 21.2. The molecule has 0 aliphatic heterocycles. The normalized spacial score (nSPS) is 11.8. The number of aromatic amines is 2. The van der Waals surface area contributed by atoms with Crippen LogP contribution >= 0.6 is 0 Å². The molecular weight excluding hydrogens is 579 g/mol. The van der Waals surface area contributed by atoms with Crippen LogP contribution in [0.15, 0.2) is 73.3 Å². The Morgan fingerprint density at radius 3 is 2.57 bits per heavy atom. The van der Waals surface area contributed by atoms with Gasteiger partial charge in [-0.1, -0.05) is 25.5 Å². The molecule has 0 aliphatic carbocycles. The summed E-state index contributed by atoms with van der Waals surface area (Å²) in [7, 11) is -3.19. The second kappa shape index (κ2) is 12.0. The van der Waals surface area contributed by atoms with Crippen molar-refractivity contribution in [3.63, 3.8) is 0 Å². The molecule has 0 saturated carbocycles. The van der Waals surface area contributed by atoms with Crippen LogP contribution in [0.1, 0.15) is 31.7 Å². The Bertz CT molecular complexity index is 2120. The average Bonchev–Trinajstić information content (AvgIpc) is 3.62. The molecule has 4 heterocycles. The van der Waals surface area contributed by atoms with E-state index in [1.165, 1.54) is 18.4 Å². The van der Waals surface area contributed by atoms with Gasteiger partial charge >= 0.3 is 0 Å². The van der Waals surface area contributed by atoms with Crippen LogP contribution in [-0.2, 0) is 21.1 Å². The number of H-pyrrole nitrogens is 2. The number of carbonyl (C=O) groups is 1. The van der Waals surface area contributed by atoms with E-state index in [1.54, 1.807) is 24.8 Å². The van der Waals surface area contributed by atoms with Crippen LogP contribution in [0.5, 0.6) is 0 Å². The number of hydrogen-bond acceptors (Lipinski definition) is 6. The zero-order chi connectivity index (χ0) is 30.8. The van der Waals surface area contributed by atoms with E-state index >= 15 is 0 Å². The molecule has 4 aromatic heterocycles. The van der Waals surface area contributed by atoms with Crippen LogP contribution in [0.4, 0.5) is 10.1 Å². The van der Waals surface area contributed by atoms with Crippen LogP contribution in [-0.4, -0.2) is 51.5 Å². The first-order valence-corrected chi connectivity index (χ1v) is 16.4. The highest BCUT2D eigenvalue weighted by atomic mass is 32.2. The van der Waals surface area contributed by atoms with E-state index in [4.69, 9.17) is 0 Å². The zero-order valence-corrected chi connectivity index (χ0v) is 25.1. The third kappa shape index (κ3) is 6.37. The predicted octanol–water partition coefficient (Wildman–Crippen LogP) is 6.69. The summed E-state index contributed by atoms with van der Waals surface area (Å²) in [5.74, 6) is -0.535. The Labute approximate surface area is 253 Å². The standard InChI is InChI=1S/C33H31FN6O3S/c1-3-4-5-32(41)37-25-13-23(16-35-17-25)21-6-7-29-27(14-21)33(40-39-29)30-15-26-28(18-36-19-31(26)38-30)22-10-20(11-24(34)12-22)8-9-44(2,42)43/h6-7,10-19,38H,3-5,8-9H2,1-2H3,(H,37,41)(H,39,40). The second-order valence-electron chi connectivity index (χ2n) is 11.0. The average molecular weight is 611 g/mol. The Hall–Kier alpha value is -4.90. The van der Waals surface area contributed by atoms with E-state index in [2.05, 4.69) is 30.5 Å². The van der Waals surface area contributed by atoms with Crippen molar-refractivity contribution in [2.75, 3.05) is 17.3 Å². The van der Waals surface area contributed by atoms with Crippen molar-refractivity contribution in [1.29, 1.82) is 0 Å². The van der Waals surface area contributed by atoms with Gasteiger partial charge in [-0.3, -0.25) is 19.9 Å². The number of halogens is 1. The highest BCUT2D eigenvalue weighted by molar-refractivity contribution is 7.90. The van der Waals surface area contributed by atoms with Crippen molar-refractivity contribution < 1.29 is 17.6 Å². The number of hydrogen-bond donors (Lipinski definition) is 3. The Balaban J connectivity index is 1.35. The fourth-order valence-electron chi connectivity index (χ4n) is 5.29. The van der Waals surface area contributed by atoms with Gasteiger partial charge in [-0.15, -0.1) is 0 Å². The van der Waals surface area contributed by atoms with Gasteiger partial charge in [0.2, 0.25) is 5.91 Å². The maximum Gasteiger partial charge on any atom is 0.224 e. The number of sulfone groups is 1. The third-order valence-electron chi connectivity index (χ3n) is 7.51. The molecule has 1 amide bonds. The van der Waals surface area contributed by atoms with Crippen LogP contribution in [0.2, 0.25) is 0 Å². The minimum atomic E-state index is -3.19. The second-order valence-corrected chi connectivity index (χ2v) is 13.3. The fourth-order valence-corrected chi connectivity index (χ4v) is 5.89.